The van der Waals surface area contributed by atoms with Gasteiger partial charge in [-0.25, -0.2) is 4.68 Å². The third-order valence-electron chi connectivity index (χ3n) is 4.38. The summed E-state index contributed by atoms with van der Waals surface area (Å²) in [6.07, 6.45) is 1.69. The fourth-order valence-electron chi connectivity index (χ4n) is 3.06. The summed E-state index contributed by atoms with van der Waals surface area (Å²) >= 11 is 3.60. The van der Waals surface area contributed by atoms with E-state index >= 15 is 0 Å². The third-order valence-corrected chi connectivity index (χ3v) is 5.06. The number of nitrogens with zero attached hydrogens (tertiary/aromatic N) is 3. The maximum atomic E-state index is 12.0. The van der Waals surface area contributed by atoms with Crippen molar-refractivity contribution in [1.29, 1.82) is 0 Å². The van der Waals surface area contributed by atoms with Crippen LogP contribution in [0.2, 0.25) is 0 Å². The number of hydrogen-bond donors (Lipinski definition) is 1. The molecule has 0 radical (unpaired) electrons. The Balaban J connectivity index is 1.65. The smallest absolute Gasteiger partial charge is 0.229 e. The molecule has 1 aromatic heterocycles. The van der Waals surface area contributed by atoms with Crippen LogP contribution in [0.5, 0.6) is 11.5 Å². The Morgan fingerprint density at radius 3 is 2.85 bits per heavy atom. The molecule has 1 N–H and O–H groups in total. The van der Waals surface area contributed by atoms with E-state index in [0.29, 0.717) is 24.1 Å². The monoisotopic (exact) mass is 428 g/mol. The maximum absolute atomic E-state index is 12.0. The van der Waals surface area contributed by atoms with E-state index in [1.165, 1.54) is 6.33 Å². The zero-order valence-electron chi connectivity index (χ0n) is 14.6. The lowest BCUT2D eigenvalue weighted by Gasteiger charge is -2.25. The normalized spacial score (nSPS) is 15.8. The zero-order chi connectivity index (χ0) is 18.8. The lowest BCUT2D eigenvalue weighted by atomic mass is 10.0. The first-order valence-electron chi connectivity index (χ1n) is 8.39. The van der Waals surface area contributed by atoms with E-state index in [0.717, 1.165) is 15.6 Å². The largest absolute Gasteiger partial charge is 0.493 e. The highest BCUT2D eigenvalue weighted by molar-refractivity contribution is 9.10. The summed E-state index contributed by atoms with van der Waals surface area (Å²) in [5, 5.41) is 6.96. The van der Waals surface area contributed by atoms with Gasteiger partial charge in [0.2, 0.25) is 11.9 Å². The van der Waals surface area contributed by atoms with Gasteiger partial charge in [-0.2, -0.15) is 10.1 Å². The summed E-state index contributed by atoms with van der Waals surface area (Å²) in [7, 11) is 1.59. The predicted molar refractivity (Wildman–Crippen MR) is 103 cm³/mol. The molecular weight excluding hydrogens is 412 g/mol. The predicted octanol–water partition coefficient (Wildman–Crippen LogP) is 3.56. The summed E-state index contributed by atoms with van der Waals surface area (Å²) in [6.45, 7) is 0.433. The molecule has 1 aliphatic heterocycles. The number of benzene rings is 2. The average molecular weight is 429 g/mol. The summed E-state index contributed by atoms with van der Waals surface area (Å²) in [6, 6.07) is 13.4. The molecule has 2 aromatic carbocycles. The molecular formula is C19H17BrN4O3. The van der Waals surface area contributed by atoms with Crippen LogP contribution in [-0.2, 0) is 11.4 Å². The molecule has 4 rings (SSSR count). The van der Waals surface area contributed by atoms with Crippen LogP contribution < -0.4 is 14.8 Å². The van der Waals surface area contributed by atoms with Crippen LogP contribution in [0, 0.1) is 0 Å². The van der Waals surface area contributed by atoms with Crippen molar-refractivity contribution in [1.82, 2.24) is 14.8 Å². The van der Waals surface area contributed by atoms with Crippen molar-refractivity contribution in [3.8, 4) is 11.5 Å². The molecule has 0 saturated heterocycles. The summed E-state index contributed by atoms with van der Waals surface area (Å²) < 4.78 is 14.0. The Hall–Kier alpha value is -2.87. The van der Waals surface area contributed by atoms with Gasteiger partial charge in [-0.1, -0.05) is 46.3 Å². The number of rotatable bonds is 5. The van der Waals surface area contributed by atoms with Crippen molar-refractivity contribution in [3.63, 3.8) is 0 Å². The fraction of sp³-hybridized carbons (Fsp3) is 0.211. The molecule has 27 heavy (non-hydrogen) atoms. The number of carbonyl (C=O) groups is 1. The van der Waals surface area contributed by atoms with Gasteiger partial charge in [-0.15, -0.1) is 0 Å². The SMILES string of the molecule is COc1cc([C@@H]2CC(=O)Nc3ncnn32)c(Br)cc1OCc1ccccc1. The van der Waals surface area contributed by atoms with Crippen molar-refractivity contribution < 1.29 is 14.3 Å². The second-order valence-corrected chi connectivity index (χ2v) is 6.95. The average Bonchev–Trinajstić information content (AvgIpc) is 3.15. The van der Waals surface area contributed by atoms with Crippen LogP contribution in [-0.4, -0.2) is 27.8 Å². The molecule has 2 heterocycles. The number of amides is 1. The summed E-state index contributed by atoms with van der Waals surface area (Å²) in [5.41, 5.74) is 1.94. The highest BCUT2D eigenvalue weighted by atomic mass is 79.9. The zero-order valence-corrected chi connectivity index (χ0v) is 16.1. The first-order valence-corrected chi connectivity index (χ1v) is 9.18. The molecule has 1 atom stereocenters. The van der Waals surface area contributed by atoms with Gasteiger partial charge in [-0.3, -0.25) is 10.1 Å². The Bertz CT molecular complexity index is 974. The van der Waals surface area contributed by atoms with Gasteiger partial charge in [0.1, 0.15) is 12.9 Å². The minimum absolute atomic E-state index is 0.101. The van der Waals surface area contributed by atoms with Crippen molar-refractivity contribution in [2.24, 2.45) is 0 Å². The van der Waals surface area contributed by atoms with Gasteiger partial charge in [0.05, 0.1) is 19.6 Å². The number of carbonyl (C=O) groups excluding carboxylic acids is 1. The molecule has 0 unspecified atom stereocenters. The fourth-order valence-corrected chi connectivity index (χ4v) is 3.65. The van der Waals surface area contributed by atoms with E-state index < -0.39 is 0 Å². The van der Waals surface area contributed by atoms with Crippen LogP contribution in [0.1, 0.15) is 23.6 Å². The van der Waals surface area contributed by atoms with Crippen molar-refractivity contribution in [2.75, 3.05) is 12.4 Å². The van der Waals surface area contributed by atoms with E-state index in [1.54, 1.807) is 11.8 Å². The highest BCUT2D eigenvalue weighted by Crippen LogP contribution is 2.40. The van der Waals surface area contributed by atoms with Crippen molar-refractivity contribution in [3.05, 3.63) is 64.4 Å². The number of aromatic nitrogens is 3. The number of nitrogens with one attached hydrogen (secondary N) is 1. The molecule has 8 heteroatoms. The number of anilines is 1. The molecule has 0 saturated carbocycles. The maximum Gasteiger partial charge on any atom is 0.229 e. The lowest BCUT2D eigenvalue weighted by molar-refractivity contribution is -0.117. The quantitative estimate of drug-likeness (QED) is 0.671. The topological polar surface area (TPSA) is 78.3 Å². The molecule has 0 spiro atoms. The third kappa shape index (κ3) is 3.52. The van der Waals surface area contributed by atoms with Gasteiger partial charge < -0.3 is 9.47 Å². The van der Waals surface area contributed by atoms with Gasteiger partial charge in [-0.05, 0) is 23.3 Å². The van der Waals surface area contributed by atoms with E-state index in [9.17, 15) is 4.79 Å². The van der Waals surface area contributed by atoms with Crippen molar-refractivity contribution >= 4 is 27.8 Å². The molecule has 138 valence electrons. The van der Waals surface area contributed by atoms with Crippen molar-refractivity contribution in [2.45, 2.75) is 19.1 Å². The number of ether oxygens (including phenoxy) is 2. The van der Waals surface area contributed by atoms with Gasteiger partial charge >= 0.3 is 0 Å². The minimum Gasteiger partial charge on any atom is -0.493 e. The second kappa shape index (κ2) is 7.40. The molecule has 0 fully saturated rings. The van der Waals surface area contributed by atoms with Crippen LogP contribution in [0.3, 0.4) is 0 Å². The minimum atomic E-state index is -0.275. The number of hydrogen-bond acceptors (Lipinski definition) is 5. The van der Waals surface area contributed by atoms with Crippen LogP contribution in [0.25, 0.3) is 0 Å². The molecule has 0 aliphatic carbocycles. The van der Waals surface area contributed by atoms with Gasteiger partial charge in [0.25, 0.3) is 0 Å². The van der Waals surface area contributed by atoms with Crippen LogP contribution in [0.15, 0.2) is 53.3 Å². The first kappa shape index (κ1) is 17.5. The first-order chi connectivity index (χ1) is 13.2. The lowest BCUT2D eigenvalue weighted by Crippen LogP contribution is -2.29. The van der Waals surface area contributed by atoms with E-state index in [4.69, 9.17) is 9.47 Å². The van der Waals surface area contributed by atoms with Gasteiger partial charge in [0, 0.05) is 4.47 Å². The molecule has 1 aliphatic rings. The van der Waals surface area contributed by atoms with E-state index in [-0.39, 0.29) is 18.4 Å². The number of halogens is 1. The summed E-state index contributed by atoms with van der Waals surface area (Å²) in [4.78, 5) is 16.1. The Kier molecular flexibility index (Phi) is 4.81. The second-order valence-electron chi connectivity index (χ2n) is 6.10. The molecule has 0 bridgehead atoms. The van der Waals surface area contributed by atoms with E-state index in [2.05, 4.69) is 31.3 Å². The number of methoxy groups -OCH3 is 1. The molecule has 3 aromatic rings. The standard InChI is InChI=1S/C19H17BrN4O3/c1-26-16-7-13(15-9-18(25)23-19-21-11-22-24(15)19)14(20)8-17(16)27-10-12-5-3-2-4-6-12/h2-8,11,15H,9-10H2,1H3,(H,21,22,23,25)/t15-/m0/s1. The van der Waals surface area contributed by atoms with Crippen LogP contribution in [0.4, 0.5) is 5.95 Å². The Labute approximate surface area is 164 Å². The van der Waals surface area contributed by atoms with E-state index in [1.807, 2.05) is 42.5 Å². The number of fused-ring (bicyclic) bond motifs is 1. The Morgan fingerprint density at radius 2 is 2.07 bits per heavy atom. The Morgan fingerprint density at radius 1 is 1.26 bits per heavy atom. The van der Waals surface area contributed by atoms with Crippen LogP contribution >= 0.6 is 15.9 Å². The molecule has 7 nitrogen and oxygen atoms in total. The molecule has 1 amide bonds. The summed E-state index contributed by atoms with van der Waals surface area (Å²) in [5.74, 6) is 1.55. The highest BCUT2D eigenvalue weighted by Gasteiger charge is 2.30. The van der Waals surface area contributed by atoms with Gasteiger partial charge in [0.15, 0.2) is 11.5 Å².